The molecule has 0 unspecified atom stereocenters. The first-order valence-corrected chi connectivity index (χ1v) is 19.1. The van der Waals surface area contributed by atoms with E-state index in [2.05, 4.69) is 0 Å². The molecular weight excluding hydrogens is 582 g/mol. The molecule has 0 saturated heterocycles. The van der Waals surface area contributed by atoms with Crippen molar-refractivity contribution < 1.29 is 18.6 Å². The number of benzene rings is 5. The van der Waals surface area contributed by atoms with Gasteiger partial charge in [-0.1, -0.05) is 121 Å². The first kappa shape index (κ1) is 31.6. The molecule has 0 aliphatic heterocycles. The Balaban J connectivity index is 1.05. The van der Waals surface area contributed by atoms with Gasteiger partial charge in [0.15, 0.2) is 0 Å². The Labute approximate surface area is 261 Å². The van der Waals surface area contributed by atoms with Crippen molar-refractivity contribution in [3.63, 3.8) is 0 Å². The van der Waals surface area contributed by atoms with Gasteiger partial charge in [0.1, 0.15) is 25.8 Å². The van der Waals surface area contributed by atoms with Crippen LogP contribution in [0.2, 0.25) is 0 Å². The lowest BCUT2D eigenvalue weighted by atomic mass is 10.3. The van der Waals surface area contributed by atoms with Crippen LogP contribution in [-0.2, 0) is 9.13 Å². The summed E-state index contributed by atoms with van der Waals surface area (Å²) in [4.78, 5) is 0. The van der Waals surface area contributed by atoms with E-state index < -0.39 is 14.3 Å². The number of hydrogen-bond donors (Lipinski definition) is 0. The van der Waals surface area contributed by atoms with Gasteiger partial charge in [0.25, 0.3) is 0 Å². The van der Waals surface area contributed by atoms with Gasteiger partial charge in [0, 0.05) is 33.5 Å². The van der Waals surface area contributed by atoms with Gasteiger partial charge < -0.3 is 18.6 Å². The Morgan fingerprint density at radius 1 is 0.364 bits per heavy atom. The molecule has 0 aromatic heterocycles. The molecule has 0 amide bonds. The van der Waals surface area contributed by atoms with E-state index in [-0.39, 0.29) is 0 Å². The number of unbranched alkanes of at least 4 members (excludes halogenated alkanes) is 2. The van der Waals surface area contributed by atoms with Gasteiger partial charge >= 0.3 is 0 Å². The molecule has 226 valence electrons. The highest BCUT2D eigenvalue weighted by Crippen LogP contribution is 2.45. The van der Waals surface area contributed by atoms with E-state index in [1.807, 2.05) is 146 Å². The molecule has 0 bridgehead atoms. The van der Waals surface area contributed by atoms with E-state index in [1.165, 1.54) is 0 Å². The zero-order valence-corrected chi connectivity index (χ0v) is 26.8. The monoisotopic (exact) mass is 622 g/mol. The van der Waals surface area contributed by atoms with Gasteiger partial charge in [0.2, 0.25) is 0 Å². The average molecular weight is 623 g/mol. The highest BCUT2D eigenvalue weighted by Gasteiger charge is 2.27. The number of rotatable bonds is 16. The predicted octanol–water partition coefficient (Wildman–Crippen LogP) is 8.03. The first-order chi connectivity index (χ1) is 21.6. The van der Waals surface area contributed by atoms with Crippen LogP contribution in [-0.4, -0.2) is 25.5 Å². The Bertz CT molecular complexity index is 1430. The summed E-state index contributed by atoms with van der Waals surface area (Å²) >= 11 is 0. The summed E-state index contributed by atoms with van der Waals surface area (Å²) in [6.45, 7) is 1.12. The lowest BCUT2D eigenvalue weighted by Gasteiger charge is -2.19. The predicted molar refractivity (Wildman–Crippen MR) is 185 cm³/mol. The third-order valence-electron chi connectivity index (χ3n) is 7.79. The zero-order chi connectivity index (χ0) is 30.5. The van der Waals surface area contributed by atoms with Crippen LogP contribution >= 0.6 is 14.3 Å². The maximum absolute atomic E-state index is 14.1. The van der Waals surface area contributed by atoms with E-state index in [4.69, 9.17) is 9.47 Å². The molecule has 5 rings (SSSR count). The topological polar surface area (TPSA) is 52.6 Å². The van der Waals surface area contributed by atoms with E-state index >= 15 is 0 Å². The molecule has 6 heteroatoms. The Morgan fingerprint density at radius 2 is 0.636 bits per heavy atom. The SMILES string of the molecule is O=P(CCCCOc1ccc(OCCCCP(=O)(c2ccccc2)c2ccccc2)cc1)(c1ccccc1)c1ccccc1. The van der Waals surface area contributed by atoms with Crippen LogP contribution in [0.1, 0.15) is 25.7 Å². The van der Waals surface area contributed by atoms with E-state index in [0.717, 1.165) is 58.4 Å². The Hall–Kier alpha value is -3.84. The molecule has 0 heterocycles. The van der Waals surface area contributed by atoms with Crippen molar-refractivity contribution in [2.45, 2.75) is 25.7 Å². The van der Waals surface area contributed by atoms with Gasteiger partial charge in [-0.05, 0) is 49.9 Å². The van der Waals surface area contributed by atoms with Gasteiger partial charge in [-0.15, -0.1) is 0 Å². The maximum Gasteiger partial charge on any atom is 0.143 e. The van der Waals surface area contributed by atoms with Crippen LogP contribution in [0.25, 0.3) is 0 Å². The summed E-state index contributed by atoms with van der Waals surface area (Å²) in [7, 11) is -5.38. The van der Waals surface area contributed by atoms with Crippen molar-refractivity contribution in [2.75, 3.05) is 25.5 Å². The molecular formula is C38H40O4P2. The van der Waals surface area contributed by atoms with Gasteiger partial charge in [-0.2, -0.15) is 0 Å². The molecule has 0 saturated carbocycles. The molecule has 0 radical (unpaired) electrons. The summed E-state index contributed by atoms with van der Waals surface area (Å²) in [6, 6.07) is 47.0. The summed E-state index contributed by atoms with van der Waals surface area (Å²) in [5, 5.41) is 3.63. The van der Waals surface area contributed by atoms with Crippen LogP contribution in [0.4, 0.5) is 0 Å². The largest absolute Gasteiger partial charge is 0.494 e. The second kappa shape index (κ2) is 15.8. The van der Waals surface area contributed by atoms with E-state index in [0.29, 0.717) is 25.5 Å². The van der Waals surface area contributed by atoms with Crippen LogP contribution in [0.15, 0.2) is 146 Å². The average Bonchev–Trinajstić information content (AvgIpc) is 3.10. The fraction of sp³-hybridized carbons (Fsp3) is 0.211. The second-order valence-corrected chi connectivity index (χ2v) is 16.8. The third-order valence-corrected chi connectivity index (χ3v) is 14.2. The highest BCUT2D eigenvalue weighted by atomic mass is 31.2. The fourth-order valence-corrected chi connectivity index (χ4v) is 11.0. The summed E-state index contributed by atoms with van der Waals surface area (Å²) in [6.07, 6.45) is 4.48. The molecule has 4 nitrogen and oxygen atoms in total. The minimum absolute atomic E-state index is 0.562. The molecule has 5 aromatic rings. The summed E-state index contributed by atoms with van der Waals surface area (Å²) in [5.74, 6) is 1.58. The zero-order valence-electron chi connectivity index (χ0n) is 25.0. The standard InChI is InChI=1S/C38H40O4P2/c39-43(35-17-5-1-6-18-35,36-19-7-2-8-20-36)31-15-13-29-41-33-25-27-34(28-26-33)42-30-14-16-32-44(40,37-21-9-3-10-22-37)38-23-11-4-12-24-38/h1-12,17-28H,13-16,29-32H2. The van der Waals surface area contributed by atoms with Crippen molar-refractivity contribution >= 4 is 35.5 Å². The molecule has 0 fully saturated rings. The van der Waals surface area contributed by atoms with Gasteiger partial charge in [0.05, 0.1) is 13.2 Å². The van der Waals surface area contributed by atoms with Crippen LogP contribution in [0, 0.1) is 0 Å². The minimum Gasteiger partial charge on any atom is -0.494 e. The maximum atomic E-state index is 14.1. The van der Waals surface area contributed by atoms with Crippen molar-refractivity contribution in [1.82, 2.24) is 0 Å². The van der Waals surface area contributed by atoms with Crippen molar-refractivity contribution in [3.8, 4) is 11.5 Å². The first-order valence-electron chi connectivity index (χ1n) is 15.3. The molecule has 0 atom stereocenters. The highest BCUT2D eigenvalue weighted by molar-refractivity contribution is 7.79. The normalized spacial score (nSPS) is 11.6. The summed E-state index contributed by atoms with van der Waals surface area (Å²) < 4.78 is 40.2. The van der Waals surface area contributed by atoms with Crippen molar-refractivity contribution in [3.05, 3.63) is 146 Å². The molecule has 0 spiro atoms. The smallest absolute Gasteiger partial charge is 0.143 e. The quantitative estimate of drug-likeness (QED) is 0.0826. The lowest BCUT2D eigenvalue weighted by Crippen LogP contribution is -2.18. The summed E-state index contributed by atoms with van der Waals surface area (Å²) in [5.41, 5.74) is 0. The molecule has 0 N–H and O–H groups in total. The number of ether oxygens (including phenoxy) is 2. The molecule has 0 aliphatic rings. The van der Waals surface area contributed by atoms with Crippen molar-refractivity contribution in [2.24, 2.45) is 0 Å². The third kappa shape index (κ3) is 8.20. The number of hydrogen-bond acceptors (Lipinski definition) is 4. The van der Waals surface area contributed by atoms with Crippen LogP contribution < -0.4 is 30.7 Å². The van der Waals surface area contributed by atoms with E-state index in [9.17, 15) is 9.13 Å². The molecule has 5 aromatic carbocycles. The Kier molecular flexibility index (Phi) is 11.3. The van der Waals surface area contributed by atoms with Crippen LogP contribution in [0.3, 0.4) is 0 Å². The van der Waals surface area contributed by atoms with E-state index in [1.54, 1.807) is 0 Å². The van der Waals surface area contributed by atoms with Gasteiger partial charge in [-0.25, -0.2) is 0 Å². The second-order valence-electron chi connectivity index (χ2n) is 10.9. The minimum atomic E-state index is -2.69. The molecule has 0 aliphatic carbocycles. The van der Waals surface area contributed by atoms with Gasteiger partial charge in [-0.3, -0.25) is 0 Å². The fourth-order valence-electron chi connectivity index (χ4n) is 5.37. The van der Waals surface area contributed by atoms with Crippen molar-refractivity contribution in [1.29, 1.82) is 0 Å². The van der Waals surface area contributed by atoms with Crippen LogP contribution in [0.5, 0.6) is 11.5 Å². The lowest BCUT2D eigenvalue weighted by molar-refractivity contribution is 0.301. The molecule has 44 heavy (non-hydrogen) atoms. The Morgan fingerprint density at radius 3 is 0.909 bits per heavy atom.